The van der Waals surface area contributed by atoms with Gasteiger partial charge >= 0.3 is 5.97 Å². The van der Waals surface area contributed by atoms with Crippen molar-refractivity contribution < 1.29 is 23.4 Å². The summed E-state index contributed by atoms with van der Waals surface area (Å²) >= 11 is 0.863. The van der Waals surface area contributed by atoms with E-state index in [2.05, 4.69) is 4.72 Å². The van der Waals surface area contributed by atoms with Crippen molar-refractivity contribution in [3.8, 4) is 0 Å². The molecule has 1 heterocycles. The lowest BCUT2D eigenvalue weighted by Crippen LogP contribution is -2.28. The molecule has 0 bridgehead atoms. The Hall–Kier alpha value is -0.960. The first-order valence-corrected chi connectivity index (χ1v) is 6.68. The molecule has 8 heteroatoms. The second-order valence-corrected chi connectivity index (χ2v) is 5.59. The average molecular weight is 265 g/mol. The van der Waals surface area contributed by atoms with Crippen molar-refractivity contribution in [2.75, 3.05) is 13.2 Å². The molecule has 3 N–H and O–H groups in total. The molecule has 90 valence electrons. The number of carboxylic acids is 1. The van der Waals surface area contributed by atoms with E-state index in [0.717, 1.165) is 11.3 Å². The summed E-state index contributed by atoms with van der Waals surface area (Å²) in [5.41, 5.74) is 0.382. The van der Waals surface area contributed by atoms with Crippen molar-refractivity contribution in [3.63, 3.8) is 0 Å². The van der Waals surface area contributed by atoms with Crippen LogP contribution in [0.3, 0.4) is 0 Å². The largest absolute Gasteiger partial charge is 0.477 e. The Balaban J connectivity index is 3.21. The number of aromatic carboxylic acids is 1. The topological polar surface area (TPSA) is 104 Å². The van der Waals surface area contributed by atoms with E-state index >= 15 is 0 Å². The van der Waals surface area contributed by atoms with Gasteiger partial charge in [-0.3, -0.25) is 0 Å². The van der Waals surface area contributed by atoms with Crippen LogP contribution in [0.25, 0.3) is 0 Å². The summed E-state index contributed by atoms with van der Waals surface area (Å²) in [5, 5.41) is 18.8. The van der Waals surface area contributed by atoms with Gasteiger partial charge in [0, 0.05) is 6.54 Å². The van der Waals surface area contributed by atoms with E-state index in [1.165, 1.54) is 12.3 Å². The Morgan fingerprint density at radius 3 is 2.69 bits per heavy atom. The number of carboxylic acid groups (broad SMARTS) is 1. The Morgan fingerprint density at radius 2 is 2.19 bits per heavy atom. The molecule has 16 heavy (non-hydrogen) atoms. The van der Waals surface area contributed by atoms with Crippen LogP contribution in [0.15, 0.2) is 10.3 Å². The van der Waals surface area contributed by atoms with Gasteiger partial charge < -0.3 is 10.2 Å². The van der Waals surface area contributed by atoms with E-state index in [1.807, 2.05) is 0 Å². The molecule has 0 unspecified atom stereocenters. The minimum Gasteiger partial charge on any atom is -0.477 e. The highest BCUT2D eigenvalue weighted by molar-refractivity contribution is 7.89. The number of sulfonamides is 1. The predicted molar refractivity (Wildman–Crippen MR) is 58.3 cm³/mol. The van der Waals surface area contributed by atoms with Crippen LogP contribution in [0.5, 0.6) is 0 Å². The Labute approximate surface area is 96.6 Å². The van der Waals surface area contributed by atoms with Crippen molar-refractivity contribution in [1.29, 1.82) is 0 Å². The van der Waals surface area contributed by atoms with Gasteiger partial charge in [-0.05, 0) is 17.9 Å². The summed E-state index contributed by atoms with van der Waals surface area (Å²) < 4.78 is 25.6. The molecule has 1 rings (SSSR count). The molecular weight excluding hydrogens is 254 g/mol. The third-order valence-corrected chi connectivity index (χ3v) is 4.65. The zero-order valence-electron chi connectivity index (χ0n) is 8.43. The van der Waals surface area contributed by atoms with E-state index < -0.39 is 16.0 Å². The highest BCUT2D eigenvalue weighted by Gasteiger charge is 2.26. The zero-order chi connectivity index (χ0) is 12.3. The van der Waals surface area contributed by atoms with E-state index in [-0.39, 0.29) is 22.9 Å². The molecule has 0 saturated heterocycles. The minimum atomic E-state index is -3.87. The SMILES string of the molecule is Cc1csc(C(=O)O)c1S(=O)(=O)NCCO. The highest BCUT2D eigenvalue weighted by Crippen LogP contribution is 2.26. The first kappa shape index (κ1) is 13.1. The number of thiophene rings is 1. The number of hydrogen-bond donors (Lipinski definition) is 3. The fourth-order valence-corrected chi connectivity index (χ4v) is 3.82. The number of hydrogen-bond acceptors (Lipinski definition) is 5. The maximum Gasteiger partial charge on any atom is 0.347 e. The number of aryl methyl sites for hydroxylation is 1. The van der Waals surface area contributed by atoms with Crippen molar-refractivity contribution in [3.05, 3.63) is 15.8 Å². The van der Waals surface area contributed by atoms with E-state index in [9.17, 15) is 13.2 Å². The first-order valence-electron chi connectivity index (χ1n) is 4.32. The van der Waals surface area contributed by atoms with Crippen LogP contribution in [0, 0.1) is 6.92 Å². The van der Waals surface area contributed by atoms with Gasteiger partial charge in [0.05, 0.1) is 6.61 Å². The second kappa shape index (κ2) is 4.91. The van der Waals surface area contributed by atoms with Gasteiger partial charge in [-0.15, -0.1) is 11.3 Å². The summed E-state index contributed by atoms with van der Waals surface area (Å²) in [7, 11) is -3.87. The lowest BCUT2D eigenvalue weighted by molar-refractivity contribution is 0.0698. The van der Waals surface area contributed by atoms with Crippen molar-refractivity contribution in [1.82, 2.24) is 4.72 Å². The third-order valence-electron chi connectivity index (χ3n) is 1.78. The average Bonchev–Trinajstić information content (AvgIpc) is 2.58. The molecule has 0 radical (unpaired) electrons. The summed E-state index contributed by atoms with van der Waals surface area (Å²) in [6.07, 6.45) is 0. The Kier molecular flexibility index (Phi) is 4.03. The molecule has 0 amide bonds. The van der Waals surface area contributed by atoms with Crippen LogP contribution in [0.2, 0.25) is 0 Å². The first-order chi connectivity index (χ1) is 7.40. The smallest absolute Gasteiger partial charge is 0.347 e. The maximum absolute atomic E-state index is 11.7. The molecule has 0 atom stereocenters. The molecule has 6 nitrogen and oxygen atoms in total. The number of aliphatic hydroxyl groups is 1. The van der Waals surface area contributed by atoms with Crippen LogP contribution < -0.4 is 4.72 Å². The van der Waals surface area contributed by atoms with Gasteiger partial charge in [-0.2, -0.15) is 0 Å². The van der Waals surface area contributed by atoms with Gasteiger partial charge in [0.1, 0.15) is 9.77 Å². The second-order valence-electron chi connectivity index (χ2n) is 3.00. The fraction of sp³-hybridized carbons (Fsp3) is 0.375. The lowest BCUT2D eigenvalue weighted by atomic mass is 10.3. The van der Waals surface area contributed by atoms with Crippen LogP contribution >= 0.6 is 11.3 Å². The molecule has 0 aromatic carbocycles. The molecule has 0 saturated carbocycles. The Bertz CT molecular complexity index is 491. The molecule has 1 aromatic heterocycles. The van der Waals surface area contributed by atoms with Crippen LogP contribution in [-0.2, 0) is 10.0 Å². The third kappa shape index (κ3) is 2.59. The van der Waals surface area contributed by atoms with Crippen LogP contribution in [0.1, 0.15) is 15.2 Å². The lowest BCUT2D eigenvalue weighted by Gasteiger charge is -2.05. The number of nitrogens with one attached hydrogen (secondary N) is 1. The number of aliphatic hydroxyl groups excluding tert-OH is 1. The van der Waals surface area contributed by atoms with Gasteiger partial charge in [-0.1, -0.05) is 0 Å². The van der Waals surface area contributed by atoms with Crippen LogP contribution in [-0.4, -0.2) is 37.8 Å². The molecule has 0 aliphatic rings. The molecule has 0 aliphatic carbocycles. The monoisotopic (exact) mass is 265 g/mol. The van der Waals surface area contributed by atoms with Gasteiger partial charge in [0.15, 0.2) is 0 Å². The van der Waals surface area contributed by atoms with Crippen molar-refractivity contribution in [2.45, 2.75) is 11.8 Å². The van der Waals surface area contributed by atoms with Crippen LogP contribution in [0.4, 0.5) is 0 Å². The summed E-state index contributed by atoms with van der Waals surface area (Å²) in [4.78, 5) is 10.4. The molecule has 1 aromatic rings. The summed E-state index contributed by atoms with van der Waals surface area (Å²) in [5.74, 6) is -1.28. The quantitative estimate of drug-likeness (QED) is 0.696. The van der Waals surface area contributed by atoms with Gasteiger partial charge in [0.25, 0.3) is 0 Å². The van der Waals surface area contributed by atoms with Crippen molar-refractivity contribution >= 4 is 27.3 Å². The molecule has 0 spiro atoms. The Morgan fingerprint density at radius 1 is 1.56 bits per heavy atom. The predicted octanol–water partition coefficient (Wildman–Crippen LogP) is 0.0253. The summed E-state index contributed by atoms with van der Waals surface area (Å²) in [6, 6.07) is 0. The fourth-order valence-electron chi connectivity index (χ4n) is 1.17. The standard InChI is InChI=1S/C8H11NO5S2/c1-5-4-15-6(8(11)12)7(5)16(13,14)9-2-3-10/h4,9-10H,2-3H2,1H3,(H,11,12). The van der Waals surface area contributed by atoms with E-state index in [1.54, 1.807) is 0 Å². The summed E-state index contributed by atoms with van der Waals surface area (Å²) in [6.45, 7) is 1.04. The van der Waals surface area contributed by atoms with E-state index in [0.29, 0.717) is 5.56 Å². The van der Waals surface area contributed by atoms with Crippen molar-refractivity contribution in [2.24, 2.45) is 0 Å². The zero-order valence-corrected chi connectivity index (χ0v) is 10.1. The minimum absolute atomic E-state index is 0.142. The highest BCUT2D eigenvalue weighted by atomic mass is 32.2. The van der Waals surface area contributed by atoms with Gasteiger partial charge in [-0.25, -0.2) is 17.9 Å². The van der Waals surface area contributed by atoms with E-state index in [4.69, 9.17) is 10.2 Å². The maximum atomic E-state index is 11.7. The molecule has 0 aliphatic heterocycles. The van der Waals surface area contributed by atoms with Gasteiger partial charge in [0.2, 0.25) is 10.0 Å². The number of carbonyl (C=O) groups is 1. The number of rotatable bonds is 5. The molecule has 0 fully saturated rings. The molecular formula is C8H11NO5S2. The normalized spacial score (nSPS) is 11.6.